The van der Waals surface area contributed by atoms with E-state index in [1.165, 1.54) is 0 Å². The molecule has 0 unspecified atom stereocenters. The summed E-state index contributed by atoms with van der Waals surface area (Å²) in [6, 6.07) is 0. The molecule has 5 heteroatoms. The third-order valence-electron chi connectivity index (χ3n) is 3.21. The highest BCUT2D eigenvalue weighted by Gasteiger charge is 2.16. The van der Waals surface area contributed by atoms with E-state index in [9.17, 15) is 0 Å². The predicted octanol–water partition coefficient (Wildman–Crippen LogP) is 1.39. The van der Waals surface area contributed by atoms with E-state index in [2.05, 4.69) is 27.2 Å². The standard InChI is InChI=1S/C13H22N4O/c1-17-8-3-12(4-9-17)18-10-2-5-15-13-11-14-6-7-16-13/h6-7,11-12H,2-5,8-10H2,1H3,(H,15,16). The van der Waals surface area contributed by atoms with Crippen LogP contribution in [-0.4, -0.2) is 54.3 Å². The molecule has 2 rings (SSSR count). The number of ether oxygens (including phenoxy) is 1. The quantitative estimate of drug-likeness (QED) is 0.773. The van der Waals surface area contributed by atoms with E-state index in [0.29, 0.717) is 6.10 Å². The summed E-state index contributed by atoms with van der Waals surface area (Å²) in [7, 11) is 2.17. The molecule has 0 atom stereocenters. The molecular weight excluding hydrogens is 228 g/mol. The summed E-state index contributed by atoms with van der Waals surface area (Å²) >= 11 is 0. The zero-order valence-electron chi connectivity index (χ0n) is 11.0. The van der Waals surface area contributed by atoms with Gasteiger partial charge in [-0.15, -0.1) is 0 Å². The van der Waals surface area contributed by atoms with Crippen LogP contribution in [0.4, 0.5) is 5.82 Å². The Kier molecular flexibility index (Phi) is 5.36. The van der Waals surface area contributed by atoms with E-state index < -0.39 is 0 Å². The second kappa shape index (κ2) is 7.28. The SMILES string of the molecule is CN1CCC(OCCCNc2cnccn2)CC1. The van der Waals surface area contributed by atoms with Crippen molar-refractivity contribution in [2.45, 2.75) is 25.4 Å². The van der Waals surface area contributed by atoms with Gasteiger partial charge in [0.15, 0.2) is 0 Å². The van der Waals surface area contributed by atoms with Gasteiger partial charge >= 0.3 is 0 Å². The summed E-state index contributed by atoms with van der Waals surface area (Å²) < 4.78 is 5.87. The fourth-order valence-corrected chi connectivity index (χ4v) is 2.08. The molecule has 1 aromatic rings. The smallest absolute Gasteiger partial charge is 0.144 e. The molecule has 1 aliphatic heterocycles. The van der Waals surface area contributed by atoms with Gasteiger partial charge in [-0.3, -0.25) is 4.98 Å². The topological polar surface area (TPSA) is 50.3 Å². The van der Waals surface area contributed by atoms with Crippen molar-refractivity contribution in [3.63, 3.8) is 0 Å². The van der Waals surface area contributed by atoms with Crippen molar-refractivity contribution in [3.05, 3.63) is 18.6 Å². The zero-order valence-corrected chi connectivity index (χ0v) is 11.0. The van der Waals surface area contributed by atoms with Gasteiger partial charge in [-0.1, -0.05) is 0 Å². The molecule has 5 nitrogen and oxygen atoms in total. The summed E-state index contributed by atoms with van der Waals surface area (Å²) in [5, 5.41) is 3.23. The van der Waals surface area contributed by atoms with Crippen molar-refractivity contribution < 1.29 is 4.74 Å². The lowest BCUT2D eigenvalue weighted by Gasteiger charge is -2.28. The number of hydrogen-bond acceptors (Lipinski definition) is 5. The molecule has 0 saturated carbocycles. The first kappa shape index (κ1) is 13.2. The lowest BCUT2D eigenvalue weighted by Crippen LogP contribution is -2.34. The van der Waals surface area contributed by atoms with Gasteiger partial charge in [0.2, 0.25) is 0 Å². The maximum absolute atomic E-state index is 5.87. The van der Waals surface area contributed by atoms with Gasteiger partial charge < -0.3 is 15.0 Å². The Labute approximate surface area is 109 Å². The molecule has 1 aliphatic rings. The lowest BCUT2D eigenvalue weighted by atomic mass is 10.1. The fraction of sp³-hybridized carbons (Fsp3) is 0.692. The van der Waals surface area contributed by atoms with Crippen LogP contribution in [0.5, 0.6) is 0 Å². The minimum atomic E-state index is 0.456. The molecular formula is C13H22N4O. The van der Waals surface area contributed by atoms with Crippen molar-refractivity contribution in [2.24, 2.45) is 0 Å². The molecule has 0 aromatic carbocycles. The highest BCUT2D eigenvalue weighted by atomic mass is 16.5. The summed E-state index contributed by atoms with van der Waals surface area (Å²) in [4.78, 5) is 10.5. The van der Waals surface area contributed by atoms with Crippen molar-refractivity contribution in [3.8, 4) is 0 Å². The van der Waals surface area contributed by atoms with Crippen LogP contribution < -0.4 is 5.32 Å². The average molecular weight is 250 g/mol. The predicted molar refractivity (Wildman–Crippen MR) is 71.6 cm³/mol. The Morgan fingerprint density at radius 1 is 1.39 bits per heavy atom. The third kappa shape index (κ3) is 4.58. The number of likely N-dealkylation sites (tertiary alicyclic amines) is 1. The second-order valence-corrected chi connectivity index (χ2v) is 4.74. The van der Waals surface area contributed by atoms with Gasteiger partial charge in [-0.25, -0.2) is 4.98 Å². The monoisotopic (exact) mass is 250 g/mol. The minimum Gasteiger partial charge on any atom is -0.378 e. The number of aromatic nitrogens is 2. The molecule has 1 fully saturated rings. The van der Waals surface area contributed by atoms with Crippen LogP contribution >= 0.6 is 0 Å². The summed E-state index contributed by atoms with van der Waals surface area (Å²) in [6.07, 6.45) is 8.88. The molecule has 1 aromatic heterocycles. The van der Waals surface area contributed by atoms with Gasteiger partial charge in [0.05, 0.1) is 12.3 Å². The Bertz CT molecular complexity index is 325. The van der Waals surface area contributed by atoms with Crippen molar-refractivity contribution in [1.82, 2.24) is 14.9 Å². The van der Waals surface area contributed by atoms with Crippen LogP contribution in [0.25, 0.3) is 0 Å². The molecule has 1 saturated heterocycles. The fourth-order valence-electron chi connectivity index (χ4n) is 2.08. The van der Waals surface area contributed by atoms with Crippen LogP contribution in [0.2, 0.25) is 0 Å². The van der Waals surface area contributed by atoms with Crippen LogP contribution in [0, 0.1) is 0 Å². The molecule has 0 spiro atoms. The molecule has 0 aliphatic carbocycles. The van der Waals surface area contributed by atoms with Gasteiger partial charge in [0.25, 0.3) is 0 Å². The Morgan fingerprint density at radius 3 is 2.94 bits per heavy atom. The van der Waals surface area contributed by atoms with E-state index in [1.54, 1.807) is 18.6 Å². The molecule has 0 radical (unpaired) electrons. The lowest BCUT2D eigenvalue weighted by molar-refractivity contribution is 0.0125. The Hall–Kier alpha value is -1.20. The molecule has 0 amide bonds. The highest BCUT2D eigenvalue weighted by Crippen LogP contribution is 2.12. The van der Waals surface area contributed by atoms with Gasteiger partial charge in [0, 0.05) is 38.6 Å². The Balaban J connectivity index is 1.51. The normalized spacial score (nSPS) is 17.8. The highest BCUT2D eigenvalue weighted by molar-refractivity contribution is 5.29. The van der Waals surface area contributed by atoms with Gasteiger partial charge in [-0.2, -0.15) is 0 Å². The molecule has 18 heavy (non-hydrogen) atoms. The first-order valence-corrected chi connectivity index (χ1v) is 6.64. The van der Waals surface area contributed by atoms with Gasteiger partial charge in [0.1, 0.15) is 5.82 Å². The first-order chi connectivity index (χ1) is 8.84. The van der Waals surface area contributed by atoms with E-state index in [-0.39, 0.29) is 0 Å². The Morgan fingerprint density at radius 2 is 2.22 bits per heavy atom. The van der Waals surface area contributed by atoms with Crippen molar-refractivity contribution >= 4 is 5.82 Å². The van der Waals surface area contributed by atoms with Crippen LogP contribution in [0.1, 0.15) is 19.3 Å². The van der Waals surface area contributed by atoms with Crippen LogP contribution in [0.3, 0.4) is 0 Å². The van der Waals surface area contributed by atoms with Crippen molar-refractivity contribution in [2.75, 3.05) is 38.6 Å². The van der Waals surface area contributed by atoms with E-state index in [4.69, 9.17) is 4.74 Å². The van der Waals surface area contributed by atoms with Crippen molar-refractivity contribution in [1.29, 1.82) is 0 Å². The summed E-state index contributed by atoms with van der Waals surface area (Å²) in [6.45, 7) is 4.01. The first-order valence-electron chi connectivity index (χ1n) is 6.64. The van der Waals surface area contributed by atoms with E-state index >= 15 is 0 Å². The number of nitrogens with zero attached hydrogens (tertiary/aromatic N) is 3. The number of anilines is 1. The number of rotatable bonds is 6. The maximum atomic E-state index is 5.87. The van der Waals surface area contributed by atoms with E-state index in [0.717, 1.165) is 51.3 Å². The third-order valence-corrected chi connectivity index (χ3v) is 3.21. The molecule has 0 bridgehead atoms. The van der Waals surface area contributed by atoms with Crippen LogP contribution in [-0.2, 0) is 4.74 Å². The second-order valence-electron chi connectivity index (χ2n) is 4.74. The van der Waals surface area contributed by atoms with E-state index in [1.807, 2.05) is 0 Å². The summed E-state index contributed by atoms with van der Waals surface area (Å²) in [5.74, 6) is 0.830. The molecule has 100 valence electrons. The molecule has 2 heterocycles. The zero-order chi connectivity index (χ0) is 12.6. The average Bonchev–Trinajstić information content (AvgIpc) is 2.42. The summed E-state index contributed by atoms with van der Waals surface area (Å²) in [5.41, 5.74) is 0. The number of hydrogen-bond donors (Lipinski definition) is 1. The van der Waals surface area contributed by atoms with Crippen LogP contribution in [0.15, 0.2) is 18.6 Å². The maximum Gasteiger partial charge on any atom is 0.144 e. The number of nitrogens with one attached hydrogen (secondary N) is 1. The molecule has 1 N–H and O–H groups in total. The van der Waals surface area contributed by atoms with Gasteiger partial charge in [-0.05, 0) is 26.3 Å². The minimum absolute atomic E-state index is 0.456. The number of piperidine rings is 1. The largest absolute Gasteiger partial charge is 0.378 e.